The Balaban J connectivity index is 0. The molecule has 0 atom stereocenters. The molecule has 6 N–H and O–H groups in total. The summed E-state index contributed by atoms with van der Waals surface area (Å²) in [6.07, 6.45) is 0. The molecule has 0 aliphatic carbocycles. The van der Waals surface area contributed by atoms with Crippen molar-refractivity contribution >= 4 is 83.8 Å². The second-order valence-corrected chi connectivity index (χ2v) is 6.17. The Bertz CT molecular complexity index is 443. The molecule has 0 unspecified atom stereocenters. The van der Waals surface area contributed by atoms with Gasteiger partial charge in [-0.15, -0.1) is 34.0 Å². The van der Waals surface area contributed by atoms with Crippen molar-refractivity contribution in [2.75, 3.05) is 0 Å². The highest BCUT2D eigenvalue weighted by Crippen LogP contribution is 2.24. The van der Waals surface area contributed by atoms with Gasteiger partial charge in [-0.3, -0.25) is 10.8 Å². The fourth-order valence-corrected chi connectivity index (χ4v) is 2.76. The summed E-state index contributed by atoms with van der Waals surface area (Å²) < 4.78 is 0.994. The summed E-state index contributed by atoms with van der Waals surface area (Å²) in [5.41, 5.74) is 12.9. The monoisotopic (exact) mass is 492 g/mol. The minimum Gasteiger partial charge on any atom is -0.379 e. The highest BCUT2D eigenvalue weighted by Gasteiger charge is 2.05. The number of nitrogens with one attached hydrogen (secondary N) is 2. The third-order valence-electron chi connectivity index (χ3n) is 1.93. The zero-order chi connectivity index (χ0) is 12.8. The molecule has 0 aliphatic rings. The first-order chi connectivity index (χ1) is 7.99. The van der Waals surface area contributed by atoms with Gasteiger partial charge in [-0.2, -0.15) is 0 Å². The summed E-state index contributed by atoms with van der Waals surface area (Å²) in [5, 5.41) is 14.6. The molecule has 9 heteroatoms. The van der Waals surface area contributed by atoms with Gasteiger partial charge in [0.05, 0.1) is 0 Å². The van der Waals surface area contributed by atoms with Crippen LogP contribution in [-0.2, 0) is 11.5 Å². The molecule has 0 aromatic heterocycles. The van der Waals surface area contributed by atoms with Crippen LogP contribution in [0.15, 0.2) is 22.7 Å². The predicted molar refractivity (Wildman–Crippen MR) is 101 cm³/mol. The quantitative estimate of drug-likeness (QED) is 0.377. The summed E-state index contributed by atoms with van der Waals surface area (Å²) in [4.78, 5) is 0. The van der Waals surface area contributed by atoms with Crippen LogP contribution in [0.3, 0.4) is 0 Å². The van der Waals surface area contributed by atoms with Crippen molar-refractivity contribution in [3.05, 3.63) is 33.8 Å². The lowest BCUT2D eigenvalue weighted by Crippen LogP contribution is -2.06. The molecule has 0 radical (unpaired) electrons. The van der Waals surface area contributed by atoms with Crippen molar-refractivity contribution < 1.29 is 0 Å². The number of hydrogen-bond acceptors (Lipinski definition) is 4. The zero-order valence-corrected chi connectivity index (χ0v) is 16.5. The van der Waals surface area contributed by atoms with Crippen LogP contribution < -0.4 is 11.5 Å². The third-order valence-corrected chi connectivity index (χ3v) is 3.96. The molecule has 1 aromatic carbocycles. The van der Waals surface area contributed by atoms with Crippen LogP contribution in [0.5, 0.6) is 0 Å². The van der Waals surface area contributed by atoms with Gasteiger partial charge in [0.1, 0.15) is 0 Å². The van der Waals surface area contributed by atoms with Gasteiger partial charge in [0.25, 0.3) is 0 Å². The SMILES string of the molecule is Br.Br.N=C(N)SCc1ccc(Br)cc1CSC(=N)N. The Hall–Kier alpha value is 0.300. The summed E-state index contributed by atoms with van der Waals surface area (Å²) in [5.74, 6) is 1.32. The molecule has 19 heavy (non-hydrogen) atoms. The predicted octanol–water partition coefficient (Wildman–Crippen LogP) is 3.86. The van der Waals surface area contributed by atoms with Crippen LogP contribution in [-0.4, -0.2) is 10.3 Å². The fraction of sp³-hybridized carbons (Fsp3) is 0.200. The Morgan fingerprint density at radius 2 is 1.47 bits per heavy atom. The first-order valence-corrected chi connectivity index (χ1v) is 7.46. The summed E-state index contributed by atoms with van der Waals surface area (Å²) >= 11 is 5.99. The van der Waals surface area contributed by atoms with E-state index in [4.69, 9.17) is 22.3 Å². The second kappa shape index (κ2) is 11.0. The van der Waals surface area contributed by atoms with E-state index < -0.39 is 0 Å². The molecule has 0 saturated heterocycles. The first kappa shape index (κ1) is 21.6. The van der Waals surface area contributed by atoms with Gasteiger partial charge in [-0.25, -0.2) is 0 Å². The lowest BCUT2D eigenvalue weighted by atomic mass is 10.1. The number of rotatable bonds is 4. The molecular weight excluding hydrogens is 480 g/mol. The summed E-state index contributed by atoms with van der Waals surface area (Å²) in [7, 11) is 0. The molecule has 0 saturated carbocycles. The fourth-order valence-electron chi connectivity index (χ4n) is 1.18. The molecule has 4 nitrogen and oxygen atoms in total. The van der Waals surface area contributed by atoms with Gasteiger partial charge in [-0.05, 0) is 23.3 Å². The molecule has 0 aliphatic heterocycles. The smallest absolute Gasteiger partial charge is 0.151 e. The average molecular weight is 495 g/mol. The van der Waals surface area contributed by atoms with E-state index in [9.17, 15) is 0 Å². The van der Waals surface area contributed by atoms with Crippen LogP contribution in [0.4, 0.5) is 0 Å². The number of amidine groups is 2. The molecule has 0 amide bonds. The van der Waals surface area contributed by atoms with Crippen molar-refractivity contribution in [3.8, 4) is 0 Å². The Labute approximate surface area is 150 Å². The Morgan fingerprint density at radius 1 is 1.00 bits per heavy atom. The van der Waals surface area contributed by atoms with Gasteiger partial charge in [0, 0.05) is 16.0 Å². The Kier molecular flexibility index (Phi) is 12.5. The topological polar surface area (TPSA) is 99.7 Å². The molecule has 0 spiro atoms. The zero-order valence-electron chi connectivity index (χ0n) is 9.81. The molecule has 1 rings (SSSR count). The first-order valence-electron chi connectivity index (χ1n) is 4.70. The van der Waals surface area contributed by atoms with Gasteiger partial charge >= 0.3 is 0 Å². The van der Waals surface area contributed by atoms with Gasteiger partial charge in [0.2, 0.25) is 0 Å². The molecule has 0 fully saturated rings. The summed E-state index contributed by atoms with van der Waals surface area (Å²) in [6.45, 7) is 0. The van der Waals surface area contributed by atoms with Gasteiger partial charge in [-0.1, -0.05) is 45.5 Å². The third kappa shape index (κ3) is 8.96. The van der Waals surface area contributed by atoms with E-state index in [1.165, 1.54) is 23.5 Å². The van der Waals surface area contributed by atoms with E-state index in [-0.39, 0.29) is 44.3 Å². The number of hydrogen-bond donors (Lipinski definition) is 4. The van der Waals surface area contributed by atoms with E-state index in [1.807, 2.05) is 18.2 Å². The molecule has 1 aromatic rings. The van der Waals surface area contributed by atoms with Crippen LogP contribution >= 0.6 is 73.4 Å². The maximum Gasteiger partial charge on any atom is 0.151 e. The van der Waals surface area contributed by atoms with E-state index in [1.54, 1.807) is 0 Å². The largest absolute Gasteiger partial charge is 0.379 e. The van der Waals surface area contributed by atoms with E-state index in [0.717, 1.165) is 15.6 Å². The maximum absolute atomic E-state index is 7.21. The lowest BCUT2D eigenvalue weighted by Gasteiger charge is -2.09. The van der Waals surface area contributed by atoms with Crippen LogP contribution in [0, 0.1) is 10.8 Å². The van der Waals surface area contributed by atoms with Crippen molar-refractivity contribution in [1.29, 1.82) is 10.8 Å². The van der Waals surface area contributed by atoms with E-state index >= 15 is 0 Å². The number of thioether (sulfide) groups is 2. The second-order valence-electron chi connectivity index (χ2n) is 3.22. The van der Waals surface area contributed by atoms with E-state index in [2.05, 4.69) is 15.9 Å². The number of benzene rings is 1. The van der Waals surface area contributed by atoms with Crippen molar-refractivity contribution in [2.24, 2.45) is 11.5 Å². The van der Waals surface area contributed by atoms with Crippen LogP contribution in [0.2, 0.25) is 0 Å². The van der Waals surface area contributed by atoms with Crippen molar-refractivity contribution in [2.45, 2.75) is 11.5 Å². The van der Waals surface area contributed by atoms with Gasteiger partial charge < -0.3 is 11.5 Å². The standard InChI is InChI=1S/C10H13BrN4S2.2BrH/c11-8-2-1-6(4-16-9(12)13)7(3-8)5-17-10(14)15;;/h1-3H,4-5H2,(H3,12,13)(H3,14,15);2*1H. The average Bonchev–Trinajstić information content (AvgIpc) is 2.24. The van der Waals surface area contributed by atoms with Crippen molar-refractivity contribution in [1.82, 2.24) is 0 Å². The lowest BCUT2D eigenvalue weighted by molar-refractivity contribution is 1.28. The van der Waals surface area contributed by atoms with Crippen LogP contribution in [0.25, 0.3) is 0 Å². The highest BCUT2D eigenvalue weighted by molar-refractivity contribution is 9.10. The number of nitrogens with two attached hydrogens (primary N) is 2. The molecular formula is C10H15Br3N4S2. The number of halogens is 3. The normalized spacial score (nSPS) is 9.11. The summed E-state index contributed by atoms with van der Waals surface area (Å²) in [6, 6.07) is 5.96. The molecule has 0 bridgehead atoms. The maximum atomic E-state index is 7.21. The molecule has 108 valence electrons. The minimum atomic E-state index is 0. The van der Waals surface area contributed by atoms with Crippen LogP contribution in [0.1, 0.15) is 11.1 Å². The highest BCUT2D eigenvalue weighted by atomic mass is 79.9. The Morgan fingerprint density at radius 3 is 1.95 bits per heavy atom. The van der Waals surface area contributed by atoms with E-state index in [0.29, 0.717) is 11.5 Å². The van der Waals surface area contributed by atoms with Crippen molar-refractivity contribution in [3.63, 3.8) is 0 Å². The van der Waals surface area contributed by atoms with Gasteiger partial charge in [0.15, 0.2) is 10.3 Å². The minimum absolute atomic E-state index is 0. The molecule has 0 heterocycles.